The number of hydrogen-bond donors (Lipinski definition) is 2. The van der Waals surface area contributed by atoms with E-state index in [1.165, 1.54) is 36.0 Å². The zero-order chi connectivity index (χ0) is 18.9. The highest BCUT2D eigenvalue weighted by Gasteiger charge is 2.13. The second-order valence-electron chi connectivity index (χ2n) is 5.22. The molecule has 2 aromatic carbocycles. The van der Waals surface area contributed by atoms with E-state index < -0.39 is 24.5 Å². The summed E-state index contributed by atoms with van der Waals surface area (Å²) < 4.78 is 28.3. The standard InChI is InChI=1S/C18H17F2NO4S/c19-18(20)25-14-8-6-13(7-9-14)17(24)21-16(23)11-26-10-15(22)12-4-2-1-3-5-12/h1-9,15,18,22H,10-11H2,(H,21,23,24). The van der Waals surface area contributed by atoms with Gasteiger partial charge in [0.15, 0.2) is 0 Å². The molecule has 0 aliphatic carbocycles. The molecule has 0 bridgehead atoms. The number of nitrogens with one attached hydrogen (secondary N) is 1. The van der Waals surface area contributed by atoms with Crippen molar-refractivity contribution >= 4 is 23.6 Å². The molecule has 8 heteroatoms. The van der Waals surface area contributed by atoms with Gasteiger partial charge < -0.3 is 9.84 Å². The number of ether oxygens (including phenoxy) is 1. The molecule has 5 nitrogen and oxygen atoms in total. The van der Waals surface area contributed by atoms with Crippen LogP contribution in [0.3, 0.4) is 0 Å². The molecule has 0 radical (unpaired) electrons. The van der Waals surface area contributed by atoms with Crippen LogP contribution in [0.4, 0.5) is 8.78 Å². The van der Waals surface area contributed by atoms with Crippen molar-refractivity contribution in [3.8, 4) is 5.75 Å². The third-order valence-electron chi connectivity index (χ3n) is 3.29. The zero-order valence-electron chi connectivity index (χ0n) is 13.6. The smallest absolute Gasteiger partial charge is 0.387 e. The molecule has 138 valence electrons. The molecule has 1 atom stereocenters. The number of amides is 2. The summed E-state index contributed by atoms with van der Waals surface area (Å²) in [6, 6.07) is 14.0. The van der Waals surface area contributed by atoms with Crippen LogP contribution in [0.1, 0.15) is 22.0 Å². The van der Waals surface area contributed by atoms with Gasteiger partial charge in [-0.05, 0) is 29.8 Å². The van der Waals surface area contributed by atoms with Gasteiger partial charge in [-0.3, -0.25) is 14.9 Å². The fourth-order valence-electron chi connectivity index (χ4n) is 2.06. The van der Waals surface area contributed by atoms with Gasteiger partial charge in [0.2, 0.25) is 5.91 Å². The van der Waals surface area contributed by atoms with Gasteiger partial charge in [-0.25, -0.2) is 0 Å². The van der Waals surface area contributed by atoms with E-state index in [1.54, 1.807) is 12.1 Å². The maximum Gasteiger partial charge on any atom is 0.387 e. The van der Waals surface area contributed by atoms with Gasteiger partial charge in [0.05, 0.1) is 11.9 Å². The van der Waals surface area contributed by atoms with E-state index in [0.717, 1.165) is 5.56 Å². The predicted octanol–water partition coefficient (Wildman–Crippen LogP) is 3.01. The molecule has 0 aliphatic heterocycles. The van der Waals surface area contributed by atoms with E-state index in [1.807, 2.05) is 18.2 Å². The highest BCUT2D eigenvalue weighted by Crippen LogP contribution is 2.18. The number of hydrogen-bond acceptors (Lipinski definition) is 5. The third-order valence-corrected chi connectivity index (χ3v) is 4.31. The Labute approximate surface area is 153 Å². The summed E-state index contributed by atoms with van der Waals surface area (Å²) >= 11 is 1.19. The largest absolute Gasteiger partial charge is 0.435 e. The minimum atomic E-state index is -2.94. The molecule has 0 saturated carbocycles. The van der Waals surface area contributed by atoms with Crippen molar-refractivity contribution in [2.24, 2.45) is 0 Å². The number of thioether (sulfide) groups is 1. The summed E-state index contributed by atoms with van der Waals surface area (Å²) in [6.07, 6.45) is -0.702. The first-order valence-electron chi connectivity index (χ1n) is 7.65. The van der Waals surface area contributed by atoms with Gasteiger partial charge in [0, 0.05) is 11.3 Å². The van der Waals surface area contributed by atoms with Gasteiger partial charge in [-0.15, -0.1) is 11.8 Å². The lowest BCUT2D eigenvalue weighted by atomic mass is 10.1. The highest BCUT2D eigenvalue weighted by molar-refractivity contribution is 7.99. The van der Waals surface area contributed by atoms with Gasteiger partial charge in [-0.1, -0.05) is 30.3 Å². The van der Waals surface area contributed by atoms with Gasteiger partial charge in [0.25, 0.3) is 5.91 Å². The average molecular weight is 381 g/mol. The molecule has 26 heavy (non-hydrogen) atoms. The van der Waals surface area contributed by atoms with Crippen molar-refractivity contribution in [2.45, 2.75) is 12.7 Å². The normalized spacial score (nSPS) is 11.8. The molecule has 0 aliphatic rings. The van der Waals surface area contributed by atoms with E-state index in [4.69, 9.17) is 0 Å². The highest BCUT2D eigenvalue weighted by atomic mass is 32.2. The number of benzene rings is 2. The number of aliphatic hydroxyl groups is 1. The Morgan fingerprint density at radius 1 is 1.08 bits per heavy atom. The van der Waals surface area contributed by atoms with Crippen LogP contribution in [0.2, 0.25) is 0 Å². The van der Waals surface area contributed by atoms with Gasteiger partial charge in [-0.2, -0.15) is 8.78 Å². The molecule has 2 rings (SSSR count). The monoisotopic (exact) mass is 381 g/mol. The maximum atomic E-state index is 12.1. The van der Waals surface area contributed by atoms with Crippen LogP contribution < -0.4 is 10.1 Å². The summed E-state index contributed by atoms with van der Waals surface area (Å²) in [5, 5.41) is 12.2. The van der Waals surface area contributed by atoms with Crippen LogP contribution in [0.15, 0.2) is 54.6 Å². The lowest BCUT2D eigenvalue weighted by Gasteiger charge is -2.10. The van der Waals surface area contributed by atoms with Crippen molar-refractivity contribution in [3.63, 3.8) is 0 Å². The Bertz CT molecular complexity index is 726. The molecule has 0 spiro atoms. The molecule has 2 N–H and O–H groups in total. The first-order valence-corrected chi connectivity index (χ1v) is 8.81. The third kappa shape index (κ3) is 6.45. The zero-order valence-corrected chi connectivity index (χ0v) is 14.4. The molecule has 2 amide bonds. The molecular weight excluding hydrogens is 364 g/mol. The maximum absolute atomic E-state index is 12.1. The second kappa shape index (κ2) is 9.88. The van der Waals surface area contributed by atoms with Gasteiger partial charge in [0.1, 0.15) is 5.75 Å². The van der Waals surface area contributed by atoms with Crippen LogP contribution in [0.25, 0.3) is 0 Å². The first-order chi connectivity index (χ1) is 12.5. The molecule has 0 saturated heterocycles. The summed E-state index contributed by atoms with van der Waals surface area (Å²) in [4.78, 5) is 23.7. The number of carbonyl (C=O) groups is 2. The first kappa shape index (κ1) is 19.9. The molecule has 0 aromatic heterocycles. The summed E-state index contributed by atoms with van der Waals surface area (Å²) in [5.41, 5.74) is 0.900. The van der Waals surface area contributed by atoms with Crippen LogP contribution in [0.5, 0.6) is 5.75 Å². The van der Waals surface area contributed by atoms with E-state index in [2.05, 4.69) is 10.1 Å². The average Bonchev–Trinajstić information content (AvgIpc) is 2.62. The quantitative estimate of drug-likeness (QED) is 0.735. The number of halogens is 2. The molecule has 1 unspecified atom stereocenters. The number of rotatable bonds is 8. The Morgan fingerprint density at radius 2 is 1.73 bits per heavy atom. The Hall–Kier alpha value is -2.45. The van der Waals surface area contributed by atoms with Crippen LogP contribution in [-0.4, -0.2) is 35.0 Å². The summed E-state index contributed by atoms with van der Waals surface area (Å²) in [7, 11) is 0. The van der Waals surface area contributed by atoms with Crippen molar-refractivity contribution in [2.75, 3.05) is 11.5 Å². The molecule has 0 heterocycles. The summed E-state index contributed by atoms with van der Waals surface area (Å²) in [5.74, 6) is -0.905. The Balaban J connectivity index is 1.75. The predicted molar refractivity (Wildman–Crippen MR) is 94.3 cm³/mol. The molecule has 2 aromatic rings. The van der Waals surface area contributed by atoms with Crippen LogP contribution in [-0.2, 0) is 4.79 Å². The Kier molecular flexibility index (Phi) is 7.55. The summed E-state index contributed by atoms with van der Waals surface area (Å²) in [6.45, 7) is -2.94. The fourth-order valence-corrected chi connectivity index (χ4v) is 2.85. The number of carbonyl (C=O) groups excluding carboxylic acids is 2. The van der Waals surface area contributed by atoms with Crippen LogP contribution in [0, 0.1) is 0 Å². The van der Waals surface area contributed by atoms with Crippen molar-refractivity contribution in [1.29, 1.82) is 0 Å². The lowest BCUT2D eigenvalue weighted by molar-refractivity contribution is -0.117. The van der Waals surface area contributed by atoms with E-state index >= 15 is 0 Å². The van der Waals surface area contributed by atoms with Crippen molar-refractivity contribution in [3.05, 3.63) is 65.7 Å². The number of aliphatic hydroxyl groups excluding tert-OH is 1. The minimum Gasteiger partial charge on any atom is -0.435 e. The second-order valence-corrected chi connectivity index (χ2v) is 6.25. The fraction of sp³-hybridized carbons (Fsp3) is 0.222. The molecule has 0 fully saturated rings. The van der Waals surface area contributed by atoms with E-state index in [-0.39, 0.29) is 17.1 Å². The number of alkyl halides is 2. The van der Waals surface area contributed by atoms with E-state index in [0.29, 0.717) is 5.75 Å². The SMILES string of the molecule is O=C(CSCC(O)c1ccccc1)NC(=O)c1ccc(OC(F)F)cc1. The topological polar surface area (TPSA) is 75.6 Å². The van der Waals surface area contributed by atoms with Crippen molar-refractivity contribution in [1.82, 2.24) is 5.32 Å². The van der Waals surface area contributed by atoms with Crippen LogP contribution >= 0.6 is 11.8 Å². The Morgan fingerprint density at radius 3 is 2.35 bits per heavy atom. The molecular formula is C18H17F2NO4S. The number of imide groups is 1. The van der Waals surface area contributed by atoms with Crippen molar-refractivity contribution < 1.29 is 28.2 Å². The minimum absolute atomic E-state index is 0.00219. The van der Waals surface area contributed by atoms with E-state index in [9.17, 15) is 23.5 Å². The lowest BCUT2D eigenvalue weighted by Crippen LogP contribution is -2.32. The van der Waals surface area contributed by atoms with Gasteiger partial charge >= 0.3 is 6.61 Å².